The molecule has 0 radical (unpaired) electrons. The molecule has 0 aliphatic carbocycles. The van der Waals surface area contributed by atoms with Crippen LogP contribution >= 0.6 is 0 Å². The molecule has 50 heavy (non-hydrogen) atoms. The lowest BCUT2D eigenvalue weighted by Gasteiger charge is -2.32. The van der Waals surface area contributed by atoms with Crippen LogP contribution < -0.4 is 10.4 Å². The molecule has 0 amide bonds. The zero-order valence-corrected chi connectivity index (χ0v) is 32.0. The van der Waals surface area contributed by atoms with Gasteiger partial charge in [-0.3, -0.25) is 10.4 Å². The maximum Gasteiger partial charge on any atom is 0.227 e. The number of fused-ring (bicyclic) bond motifs is 1. The van der Waals surface area contributed by atoms with Crippen molar-refractivity contribution in [2.75, 3.05) is 5.01 Å². The molecule has 4 heteroatoms. The first kappa shape index (κ1) is 35.3. The highest BCUT2D eigenvalue weighted by atomic mass is 16.3. The number of allylic oxidation sites excluding steroid dienone is 1. The van der Waals surface area contributed by atoms with E-state index < -0.39 is 0 Å². The molecule has 2 heterocycles. The Morgan fingerprint density at radius 1 is 0.680 bits per heavy atom. The number of nitrogens with one attached hydrogen (secondary N) is 1. The van der Waals surface area contributed by atoms with Crippen LogP contribution in [0.25, 0.3) is 28.6 Å². The van der Waals surface area contributed by atoms with Gasteiger partial charge in [0.1, 0.15) is 5.52 Å². The average Bonchev–Trinajstić information content (AvgIpc) is 3.67. The molecule has 6 rings (SSSR count). The van der Waals surface area contributed by atoms with Crippen LogP contribution in [-0.4, -0.2) is 4.98 Å². The third kappa shape index (κ3) is 7.91. The summed E-state index contributed by atoms with van der Waals surface area (Å²) < 4.78 is 6.27. The summed E-state index contributed by atoms with van der Waals surface area (Å²) in [6.45, 7) is 25.1. The molecule has 5 aromatic rings. The van der Waals surface area contributed by atoms with Gasteiger partial charge in [-0.1, -0.05) is 137 Å². The fourth-order valence-electron chi connectivity index (χ4n) is 7.18. The number of aromatic nitrogens is 1. The van der Waals surface area contributed by atoms with E-state index in [4.69, 9.17) is 9.40 Å². The number of hydrazine groups is 1. The highest BCUT2D eigenvalue weighted by Crippen LogP contribution is 2.39. The Kier molecular flexibility index (Phi) is 9.14. The van der Waals surface area contributed by atoms with E-state index in [1.165, 1.54) is 27.8 Å². The van der Waals surface area contributed by atoms with E-state index in [1.807, 2.05) is 0 Å². The second kappa shape index (κ2) is 13.0. The van der Waals surface area contributed by atoms with Crippen molar-refractivity contribution in [2.24, 2.45) is 5.41 Å². The Balaban J connectivity index is 1.26. The summed E-state index contributed by atoms with van der Waals surface area (Å²) in [4.78, 5) is 4.94. The minimum atomic E-state index is 0.0250. The molecule has 1 N–H and O–H groups in total. The van der Waals surface area contributed by atoms with E-state index in [-0.39, 0.29) is 27.7 Å². The quantitative estimate of drug-likeness (QED) is 0.188. The predicted octanol–water partition coefficient (Wildman–Crippen LogP) is 12.5. The molecular weight excluding hydrogens is 611 g/mol. The molecule has 1 atom stereocenters. The van der Waals surface area contributed by atoms with Crippen LogP contribution in [-0.2, 0) is 16.2 Å². The van der Waals surface area contributed by atoms with Gasteiger partial charge in [0.25, 0.3) is 0 Å². The van der Waals surface area contributed by atoms with Gasteiger partial charge in [-0.05, 0) is 104 Å². The molecule has 1 aliphatic heterocycles. The van der Waals surface area contributed by atoms with Crippen molar-refractivity contribution in [2.45, 2.75) is 105 Å². The van der Waals surface area contributed by atoms with Crippen molar-refractivity contribution in [3.05, 3.63) is 137 Å². The van der Waals surface area contributed by atoms with Crippen LogP contribution in [0, 0.1) is 5.41 Å². The third-order valence-corrected chi connectivity index (χ3v) is 9.75. The van der Waals surface area contributed by atoms with Gasteiger partial charge >= 0.3 is 0 Å². The Morgan fingerprint density at radius 3 is 1.84 bits per heavy atom. The van der Waals surface area contributed by atoms with E-state index >= 15 is 0 Å². The lowest BCUT2D eigenvalue weighted by atomic mass is 9.72. The van der Waals surface area contributed by atoms with E-state index in [2.05, 4.69) is 196 Å². The van der Waals surface area contributed by atoms with Crippen molar-refractivity contribution in [3.63, 3.8) is 0 Å². The molecule has 260 valence electrons. The van der Waals surface area contributed by atoms with Crippen molar-refractivity contribution in [1.29, 1.82) is 0 Å². The van der Waals surface area contributed by atoms with Crippen molar-refractivity contribution >= 4 is 22.9 Å². The molecule has 4 nitrogen and oxygen atoms in total. The minimum absolute atomic E-state index is 0.0250. The van der Waals surface area contributed by atoms with Crippen LogP contribution in [0.5, 0.6) is 0 Å². The van der Waals surface area contributed by atoms with E-state index in [9.17, 15) is 0 Å². The van der Waals surface area contributed by atoms with Gasteiger partial charge in [-0.25, -0.2) is 4.98 Å². The topological polar surface area (TPSA) is 41.3 Å². The van der Waals surface area contributed by atoms with Crippen molar-refractivity contribution in [3.8, 4) is 11.5 Å². The summed E-state index contributed by atoms with van der Waals surface area (Å²) in [5.74, 6) is 0.639. The highest BCUT2D eigenvalue weighted by Gasteiger charge is 2.29. The SMILES string of the molecule is CC(C)(C)CC(C)(C)c1ccc2oc(-c3ccc(N4NC(C=Cc5ccc(C(C)(C)C)cc5)=CC4c4ccc(C(C)(C)C)cc4)cc3)nc2c1. The maximum atomic E-state index is 6.27. The highest BCUT2D eigenvalue weighted by molar-refractivity contribution is 5.77. The summed E-state index contributed by atoms with van der Waals surface area (Å²) in [5, 5.41) is 2.24. The first-order valence-electron chi connectivity index (χ1n) is 18.0. The molecule has 1 aromatic heterocycles. The zero-order chi connectivity index (χ0) is 36.1. The molecule has 0 saturated heterocycles. The number of rotatable bonds is 7. The molecule has 1 aliphatic rings. The Labute approximate surface area is 300 Å². The van der Waals surface area contributed by atoms with Gasteiger partial charge in [0, 0.05) is 5.56 Å². The Morgan fingerprint density at radius 2 is 1.26 bits per heavy atom. The van der Waals surface area contributed by atoms with E-state index in [1.54, 1.807) is 0 Å². The number of anilines is 1. The van der Waals surface area contributed by atoms with Crippen molar-refractivity contribution < 1.29 is 4.42 Å². The molecule has 1 unspecified atom stereocenters. The summed E-state index contributed by atoms with van der Waals surface area (Å²) in [6.07, 6.45) is 7.74. The van der Waals surface area contributed by atoms with Gasteiger partial charge in [-0.15, -0.1) is 0 Å². The average molecular weight is 666 g/mol. The molecule has 0 saturated carbocycles. The van der Waals surface area contributed by atoms with E-state index in [0.29, 0.717) is 5.89 Å². The summed E-state index contributed by atoms with van der Waals surface area (Å²) in [5.41, 5.74) is 15.4. The molecular formula is C46H55N3O. The monoisotopic (exact) mass is 665 g/mol. The first-order chi connectivity index (χ1) is 23.4. The first-order valence-corrected chi connectivity index (χ1v) is 18.0. The summed E-state index contributed by atoms with van der Waals surface area (Å²) >= 11 is 0. The zero-order valence-electron chi connectivity index (χ0n) is 32.0. The fraction of sp³-hybridized carbons (Fsp3) is 0.370. The number of hydrogen-bond acceptors (Lipinski definition) is 4. The number of benzene rings is 4. The Hall–Kier alpha value is -4.57. The third-order valence-electron chi connectivity index (χ3n) is 9.75. The van der Waals surface area contributed by atoms with Crippen LogP contribution in [0.2, 0.25) is 0 Å². The summed E-state index contributed by atoms with van der Waals surface area (Å²) in [7, 11) is 0. The van der Waals surface area contributed by atoms with Gasteiger partial charge < -0.3 is 4.42 Å². The normalized spacial score (nSPS) is 15.9. The van der Waals surface area contributed by atoms with Crippen LogP contribution in [0.3, 0.4) is 0 Å². The fourth-order valence-corrected chi connectivity index (χ4v) is 7.18. The Bertz CT molecular complexity index is 2000. The van der Waals surface area contributed by atoms with Gasteiger partial charge in [-0.2, -0.15) is 0 Å². The second-order valence-corrected chi connectivity index (χ2v) is 18.0. The van der Waals surface area contributed by atoms with E-state index in [0.717, 1.165) is 34.5 Å². The summed E-state index contributed by atoms with van der Waals surface area (Å²) in [6, 6.07) is 32.9. The lowest BCUT2D eigenvalue weighted by molar-refractivity contribution is 0.284. The van der Waals surface area contributed by atoms with Crippen LogP contribution in [0.15, 0.2) is 113 Å². The maximum absolute atomic E-state index is 6.27. The molecule has 0 spiro atoms. The smallest absolute Gasteiger partial charge is 0.227 e. The van der Waals surface area contributed by atoms with Gasteiger partial charge in [0.05, 0.1) is 17.4 Å². The lowest BCUT2D eigenvalue weighted by Crippen LogP contribution is -2.34. The minimum Gasteiger partial charge on any atom is -0.436 e. The molecule has 0 fully saturated rings. The second-order valence-electron chi connectivity index (χ2n) is 18.0. The number of nitrogens with zero attached hydrogens (tertiary/aromatic N) is 2. The van der Waals surface area contributed by atoms with Gasteiger partial charge in [0.2, 0.25) is 5.89 Å². The van der Waals surface area contributed by atoms with Crippen molar-refractivity contribution in [1.82, 2.24) is 10.4 Å². The molecule has 4 aromatic carbocycles. The van der Waals surface area contributed by atoms with Crippen LogP contribution in [0.4, 0.5) is 5.69 Å². The van der Waals surface area contributed by atoms with Crippen LogP contribution in [0.1, 0.15) is 116 Å². The molecule has 0 bridgehead atoms. The standard InChI is InChI=1S/C46H55N3O/c1-43(2,3)30-46(10,11)36-23-27-41-39(28-36)47-42(50-41)33-17-25-38(26-18-33)49-40(32-15-21-35(22-16-32)45(7,8)9)29-37(48-49)24-14-31-12-19-34(20-13-31)44(4,5)6/h12-29,40,48H,30H2,1-11H3. The predicted molar refractivity (Wildman–Crippen MR) is 212 cm³/mol. The number of oxazole rings is 1. The number of hydrogen-bond donors (Lipinski definition) is 1. The largest absolute Gasteiger partial charge is 0.436 e. The van der Waals surface area contributed by atoms with Gasteiger partial charge in [0.15, 0.2) is 5.58 Å².